The number of H-pyrrole nitrogens is 1. The van der Waals surface area contributed by atoms with Crippen molar-refractivity contribution in [3.05, 3.63) is 10.5 Å². The van der Waals surface area contributed by atoms with Crippen molar-refractivity contribution in [3.8, 4) is 0 Å². The molecule has 8 heteroatoms. The van der Waals surface area contributed by atoms with Gasteiger partial charge in [0.05, 0.1) is 7.11 Å². The SMILES string of the molecule is CCNC(C)(CSc1n[nH]c(=O)n1C)C(=O)OC. The fourth-order valence-corrected chi connectivity index (χ4v) is 2.49. The van der Waals surface area contributed by atoms with Crippen LogP contribution in [-0.2, 0) is 16.6 Å². The van der Waals surface area contributed by atoms with E-state index in [9.17, 15) is 9.59 Å². The number of likely N-dealkylation sites (N-methyl/N-ethyl adjacent to an activating group) is 1. The molecule has 0 bridgehead atoms. The Hall–Kier alpha value is -1.28. The highest BCUT2D eigenvalue weighted by Gasteiger charge is 2.34. The molecule has 1 aromatic rings. The summed E-state index contributed by atoms with van der Waals surface area (Å²) in [5.41, 5.74) is -1.08. The molecule has 0 saturated heterocycles. The molecule has 102 valence electrons. The van der Waals surface area contributed by atoms with Crippen molar-refractivity contribution < 1.29 is 9.53 Å². The van der Waals surface area contributed by atoms with Crippen molar-refractivity contribution in [2.45, 2.75) is 24.5 Å². The first-order chi connectivity index (χ1) is 8.44. The number of methoxy groups -OCH3 is 1. The minimum atomic E-state index is -0.802. The lowest BCUT2D eigenvalue weighted by molar-refractivity contribution is -0.146. The number of carbonyl (C=O) groups is 1. The first kappa shape index (κ1) is 14.8. The number of rotatable bonds is 6. The third kappa shape index (κ3) is 3.14. The van der Waals surface area contributed by atoms with Crippen LogP contribution in [0.25, 0.3) is 0 Å². The van der Waals surface area contributed by atoms with Gasteiger partial charge in [-0.15, -0.1) is 5.10 Å². The number of thioether (sulfide) groups is 1. The maximum absolute atomic E-state index is 11.7. The maximum Gasteiger partial charge on any atom is 0.343 e. The van der Waals surface area contributed by atoms with Crippen LogP contribution in [-0.4, -0.2) is 45.7 Å². The van der Waals surface area contributed by atoms with Gasteiger partial charge >= 0.3 is 11.7 Å². The lowest BCUT2D eigenvalue weighted by Crippen LogP contribution is -2.52. The quantitative estimate of drug-likeness (QED) is 0.549. The smallest absolute Gasteiger partial charge is 0.343 e. The van der Waals surface area contributed by atoms with Crippen molar-refractivity contribution in [1.29, 1.82) is 0 Å². The fourth-order valence-electron chi connectivity index (χ4n) is 1.47. The molecule has 1 unspecified atom stereocenters. The number of carbonyl (C=O) groups excluding carboxylic acids is 1. The van der Waals surface area contributed by atoms with Crippen molar-refractivity contribution >= 4 is 17.7 Å². The van der Waals surface area contributed by atoms with E-state index in [1.54, 1.807) is 14.0 Å². The Morgan fingerprint density at radius 3 is 2.78 bits per heavy atom. The van der Waals surface area contributed by atoms with E-state index in [4.69, 9.17) is 4.74 Å². The molecular weight excluding hydrogens is 256 g/mol. The van der Waals surface area contributed by atoms with Crippen LogP contribution >= 0.6 is 11.8 Å². The van der Waals surface area contributed by atoms with Gasteiger partial charge in [0.1, 0.15) is 5.54 Å². The predicted octanol–water partition coefficient (Wildman–Crippen LogP) is -0.258. The van der Waals surface area contributed by atoms with Crippen LogP contribution in [0.5, 0.6) is 0 Å². The molecule has 0 radical (unpaired) electrons. The highest BCUT2D eigenvalue weighted by atomic mass is 32.2. The lowest BCUT2D eigenvalue weighted by Gasteiger charge is -2.26. The Kier molecular flexibility index (Phi) is 4.97. The van der Waals surface area contributed by atoms with Gasteiger partial charge in [-0.05, 0) is 13.5 Å². The number of ether oxygens (including phenoxy) is 1. The highest BCUT2D eigenvalue weighted by molar-refractivity contribution is 7.99. The molecule has 0 aliphatic heterocycles. The molecule has 0 amide bonds. The molecule has 0 spiro atoms. The van der Waals surface area contributed by atoms with Gasteiger partial charge < -0.3 is 10.1 Å². The van der Waals surface area contributed by atoms with E-state index in [1.165, 1.54) is 23.4 Å². The standard InChI is InChI=1S/C10H18N4O3S/c1-5-11-10(2,7(15)17-4)6-18-9-13-12-8(16)14(9)3/h11H,5-6H2,1-4H3,(H,12,16). The zero-order chi connectivity index (χ0) is 13.8. The summed E-state index contributed by atoms with van der Waals surface area (Å²) in [4.78, 5) is 22.9. The molecule has 18 heavy (non-hydrogen) atoms. The van der Waals surface area contributed by atoms with E-state index >= 15 is 0 Å². The Bertz CT molecular complexity index is 470. The molecule has 0 saturated carbocycles. The fraction of sp³-hybridized carbons (Fsp3) is 0.700. The van der Waals surface area contributed by atoms with Gasteiger partial charge in [0, 0.05) is 12.8 Å². The van der Waals surface area contributed by atoms with E-state index in [-0.39, 0.29) is 11.7 Å². The Morgan fingerprint density at radius 2 is 2.33 bits per heavy atom. The zero-order valence-electron chi connectivity index (χ0n) is 10.9. The summed E-state index contributed by atoms with van der Waals surface area (Å²) in [6.45, 7) is 4.32. The van der Waals surface area contributed by atoms with Gasteiger partial charge in [-0.1, -0.05) is 18.7 Å². The van der Waals surface area contributed by atoms with Gasteiger partial charge in [0.15, 0.2) is 5.16 Å². The highest BCUT2D eigenvalue weighted by Crippen LogP contribution is 2.20. The molecule has 1 rings (SSSR count). The second kappa shape index (κ2) is 6.05. The van der Waals surface area contributed by atoms with Gasteiger partial charge in [-0.25, -0.2) is 9.89 Å². The Morgan fingerprint density at radius 1 is 1.67 bits per heavy atom. The van der Waals surface area contributed by atoms with Gasteiger partial charge in [-0.2, -0.15) is 0 Å². The van der Waals surface area contributed by atoms with Crippen LogP contribution in [0.4, 0.5) is 0 Å². The molecule has 0 fully saturated rings. The second-order valence-corrected chi connectivity index (χ2v) is 4.96. The molecule has 7 nitrogen and oxygen atoms in total. The number of nitrogens with zero attached hydrogens (tertiary/aromatic N) is 2. The Labute approximate surface area is 109 Å². The second-order valence-electron chi connectivity index (χ2n) is 4.01. The summed E-state index contributed by atoms with van der Waals surface area (Å²) in [7, 11) is 2.98. The molecule has 1 atom stereocenters. The minimum absolute atomic E-state index is 0.277. The van der Waals surface area contributed by atoms with E-state index in [0.29, 0.717) is 17.5 Å². The number of hydrogen-bond acceptors (Lipinski definition) is 6. The third-order valence-corrected chi connectivity index (χ3v) is 3.88. The number of aromatic nitrogens is 3. The van der Waals surface area contributed by atoms with Crippen LogP contribution < -0.4 is 11.0 Å². The number of aromatic amines is 1. The maximum atomic E-state index is 11.7. The molecule has 1 aromatic heterocycles. The minimum Gasteiger partial charge on any atom is -0.468 e. The van der Waals surface area contributed by atoms with Crippen LogP contribution in [0.3, 0.4) is 0 Å². The molecule has 0 aliphatic carbocycles. The van der Waals surface area contributed by atoms with Gasteiger partial charge in [0.25, 0.3) is 0 Å². The monoisotopic (exact) mass is 274 g/mol. The van der Waals surface area contributed by atoms with Crippen LogP contribution in [0, 0.1) is 0 Å². The van der Waals surface area contributed by atoms with E-state index < -0.39 is 5.54 Å². The van der Waals surface area contributed by atoms with Crippen LogP contribution in [0.2, 0.25) is 0 Å². The van der Waals surface area contributed by atoms with Gasteiger partial charge in [-0.3, -0.25) is 9.36 Å². The summed E-state index contributed by atoms with van der Waals surface area (Å²) >= 11 is 1.32. The normalized spacial score (nSPS) is 14.2. The number of hydrogen-bond donors (Lipinski definition) is 2. The van der Waals surface area contributed by atoms with Crippen LogP contribution in [0.1, 0.15) is 13.8 Å². The third-order valence-electron chi connectivity index (χ3n) is 2.53. The van der Waals surface area contributed by atoms with Crippen molar-refractivity contribution in [3.63, 3.8) is 0 Å². The molecular formula is C10H18N4O3S. The average molecular weight is 274 g/mol. The summed E-state index contributed by atoms with van der Waals surface area (Å²) in [6, 6.07) is 0. The summed E-state index contributed by atoms with van der Waals surface area (Å²) in [6.07, 6.45) is 0. The van der Waals surface area contributed by atoms with Gasteiger partial charge in [0.2, 0.25) is 0 Å². The van der Waals surface area contributed by atoms with Crippen molar-refractivity contribution in [2.75, 3.05) is 19.4 Å². The topological polar surface area (TPSA) is 89.0 Å². The lowest BCUT2D eigenvalue weighted by atomic mass is 10.1. The number of nitrogens with one attached hydrogen (secondary N) is 2. The first-order valence-corrected chi connectivity index (χ1v) is 6.50. The molecule has 1 heterocycles. The molecule has 0 aromatic carbocycles. The van der Waals surface area contributed by atoms with E-state index in [0.717, 1.165) is 0 Å². The summed E-state index contributed by atoms with van der Waals surface area (Å²) in [5.74, 6) is 0.0865. The predicted molar refractivity (Wildman–Crippen MR) is 68.7 cm³/mol. The van der Waals surface area contributed by atoms with Crippen molar-refractivity contribution in [2.24, 2.45) is 7.05 Å². The van der Waals surface area contributed by atoms with E-state index in [2.05, 4.69) is 15.5 Å². The average Bonchev–Trinajstić information content (AvgIpc) is 2.67. The Balaban J connectivity index is 2.77. The van der Waals surface area contributed by atoms with Crippen LogP contribution in [0.15, 0.2) is 9.95 Å². The summed E-state index contributed by atoms with van der Waals surface area (Å²) < 4.78 is 6.18. The largest absolute Gasteiger partial charge is 0.468 e. The summed E-state index contributed by atoms with van der Waals surface area (Å²) in [5, 5.41) is 9.84. The van der Waals surface area contributed by atoms with E-state index in [1.807, 2.05) is 6.92 Å². The van der Waals surface area contributed by atoms with Crippen molar-refractivity contribution in [1.82, 2.24) is 20.1 Å². The molecule has 2 N–H and O–H groups in total. The number of esters is 1. The first-order valence-electron chi connectivity index (χ1n) is 5.52. The zero-order valence-corrected chi connectivity index (χ0v) is 11.8. The molecule has 0 aliphatic rings.